The molecule has 1 spiro atoms. The van der Waals surface area contributed by atoms with E-state index in [0.29, 0.717) is 43.7 Å². The highest BCUT2D eigenvalue weighted by atomic mass is 32.2. The maximum Gasteiger partial charge on any atom is 0.304 e. The molecule has 7 nitrogen and oxygen atoms in total. The molecule has 2 aromatic carbocycles. The van der Waals surface area contributed by atoms with Gasteiger partial charge in [0, 0.05) is 49.8 Å². The Kier molecular flexibility index (Phi) is 5.20. The zero-order valence-corrected chi connectivity index (χ0v) is 19.4. The lowest BCUT2D eigenvalue weighted by atomic mass is 9.82. The summed E-state index contributed by atoms with van der Waals surface area (Å²) >= 11 is 0. The molecule has 1 aromatic heterocycles. The number of aromatic nitrogens is 1. The second-order valence-corrected chi connectivity index (χ2v) is 11.1. The van der Waals surface area contributed by atoms with Crippen molar-refractivity contribution in [2.75, 3.05) is 24.4 Å². The van der Waals surface area contributed by atoms with Crippen molar-refractivity contribution in [3.8, 4) is 6.07 Å². The molecule has 2 atom stereocenters. The first kappa shape index (κ1) is 21.9. The molecule has 3 aromatic rings. The molecule has 33 heavy (non-hydrogen) atoms. The van der Waals surface area contributed by atoms with Crippen LogP contribution in [0.1, 0.15) is 30.9 Å². The number of nitrogens with one attached hydrogen (secondary N) is 1. The summed E-state index contributed by atoms with van der Waals surface area (Å²) in [5, 5.41) is 10.3. The number of nitriles is 1. The minimum Gasteiger partial charge on any atom is -0.361 e. The van der Waals surface area contributed by atoms with E-state index in [9.17, 15) is 18.1 Å². The van der Waals surface area contributed by atoms with Gasteiger partial charge in [-0.1, -0.05) is 6.07 Å². The van der Waals surface area contributed by atoms with Crippen molar-refractivity contribution >= 4 is 26.8 Å². The zero-order valence-electron chi connectivity index (χ0n) is 18.6. The quantitative estimate of drug-likeness (QED) is 0.638. The lowest BCUT2D eigenvalue weighted by molar-refractivity contribution is 0.101. The van der Waals surface area contributed by atoms with E-state index in [-0.39, 0.29) is 6.04 Å². The van der Waals surface area contributed by atoms with Crippen LogP contribution in [0.4, 0.5) is 10.1 Å². The Morgan fingerprint density at radius 2 is 2.09 bits per heavy atom. The minimum absolute atomic E-state index is 0.112. The van der Waals surface area contributed by atoms with Gasteiger partial charge in [0.05, 0.1) is 22.9 Å². The van der Waals surface area contributed by atoms with E-state index in [4.69, 9.17) is 0 Å². The number of nitrogens with zero attached hydrogens (tertiary/aromatic N) is 4. The number of hydrogen-bond acceptors (Lipinski definition) is 4. The maximum absolute atomic E-state index is 14.0. The number of fused-ring (bicyclic) bond motifs is 1. The number of likely N-dealkylation sites (N-methyl/N-ethyl adjacent to an activating group) is 1. The first-order chi connectivity index (χ1) is 15.7. The van der Waals surface area contributed by atoms with Gasteiger partial charge in [-0.05, 0) is 61.7 Å². The van der Waals surface area contributed by atoms with Crippen molar-refractivity contribution in [1.82, 2.24) is 14.2 Å². The fourth-order valence-electron chi connectivity index (χ4n) is 5.47. The van der Waals surface area contributed by atoms with Crippen LogP contribution in [0.5, 0.6) is 0 Å². The zero-order chi connectivity index (χ0) is 23.4. The van der Waals surface area contributed by atoms with Crippen LogP contribution in [-0.2, 0) is 16.8 Å². The Morgan fingerprint density at radius 3 is 2.82 bits per heavy atom. The lowest BCUT2D eigenvalue weighted by Gasteiger charge is -2.47. The normalized spacial score (nSPS) is 25.6. The average Bonchev–Trinajstić information content (AvgIpc) is 3.25. The number of halogens is 1. The van der Waals surface area contributed by atoms with Gasteiger partial charge in [-0.2, -0.15) is 18.0 Å². The van der Waals surface area contributed by atoms with E-state index in [1.165, 1.54) is 20.7 Å². The summed E-state index contributed by atoms with van der Waals surface area (Å²) in [6.45, 7) is 3.91. The summed E-state index contributed by atoms with van der Waals surface area (Å²) in [7, 11) is -2.14. The van der Waals surface area contributed by atoms with E-state index < -0.39 is 21.6 Å². The summed E-state index contributed by atoms with van der Waals surface area (Å²) in [5.41, 5.74) is 2.49. The van der Waals surface area contributed by atoms with Crippen molar-refractivity contribution in [2.45, 2.75) is 37.9 Å². The Bertz CT molecular complexity index is 1360. The summed E-state index contributed by atoms with van der Waals surface area (Å²) in [5.74, 6) is -0.450. The second-order valence-electron chi connectivity index (χ2n) is 9.19. The van der Waals surface area contributed by atoms with Gasteiger partial charge in [-0.15, -0.1) is 0 Å². The van der Waals surface area contributed by atoms with Crippen molar-refractivity contribution in [1.29, 1.82) is 5.26 Å². The largest absolute Gasteiger partial charge is 0.361 e. The molecule has 0 unspecified atom stereocenters. The van der Waals surface area contributed by atoms with Gasteiger partial charge in [0.15, 0.2) is 0 Å². The van der Waals surface area contributed by atoms with Gasteiger partial charge in [0.2, 0.25) is 0 Å². The highest BCUT2D eigenvalue weighted by Gasteiger charge is 2.55. The van der Waals surface area contributed by atoms with Crippen LogP contribution in [-0.4, -0.2) is 54.3 Å². The topological polar surface area (TPSA) is 83.4 Å². The maximum atomic E-state index is 14.0. The Balaban J connectivity index is 1.43. The SMILES string of the molecule is C[C@H]1C[C@]2(CCN1Cc1c[nH]c3ccc(C#N)cc13)CN(C)S(=O)(=O)N2c1cccc(F)c1. The molecule has 0 radical (unpaired) electrons. The monoisotopic (exact) mass is 467 g/mol. The highest BCUT2D eigenvalue weighted by Crippen LogP contribution is 2.44. The fraction of sp³-hybridized carbons (Fsp3) is 0.375. The van der Waals surface area contributed by atoms with Crippen LogP contribution in [0.3, 0.4) is 0 Å². The van der Waals surface area contributed by atoms with Crippen molar-refractivity contribution in [3.63, 3.8) is 0 Å². The van der Waals surface area contributed by atoms with Crippen LogP contribution >= 0.6 is 0 Å². The van der Waals surface area contributed by atoms with Crippen LogP contribution < -0.4 is 4.31 Å². The number of piperidine rings is 1. The van der Waals surface area contributed by atoms with Gasteiger partial charge < -0.3 is 4.98 Å². The molecule has 0 amide bonds. The van der Waals surface area contributed by atoms with Gasteiger partial charge >= 0.3 is 10.2 Å². The van der Waals surface area contributed by atoms with Crippen LogP contribution in [0.15, 0.2) is 48.7 Å². The van der Waals surface area contributed by atoms with E-state index in [0.717, 1.165) is 16.5 Å². The number of rotatable bonds is 3. The Morgan fingerprint density at radius 1 is 1.27 bits per heavy atom. The molecule has 0 saturated carbocycles. The lowest BCUT2D eigenvalue weighted by Crippen LogP contribution is -2.57. The predicted molar refractivity (Wildman–Crippen MR) is 125 cm³/mol. The molecule has 5 rings (SSSR count). The summed E-state index contributed by atoms with van der Waals surface area (Å²) < 4.78 is 43.2. The molecular formula is C24H26FN5O2S. The number of anilines is 1. The third-order valence-electron chi connectivity index (χ3n) is 7.05. The first-order valence-corrected chi connectivity index (χ1v) is 12.4. The number of aromatic amines is 1. The number of hydrogen-bond donors (Lipinski definition) is 1. The fourth-order valence-corrected chi connectivity index (χ4v) is 7.24. The third kappa shape index (κ3) is 3.59. The predicted octanol–water partition coefficient (Wildman–Crippen LogP) is 3.60. The van der Waals surface area contributed by atoms with Crippen LogP contribution in [0.2, 0.25) is 0 Å². The van der Waals surface area contributed by atoms with Gasteiger partial charge in [-0.25, -0.2) is 4.39 Å². The molecule has 1 N–H and O–H groups in total. The molecule has 2 saturated heterocycles. The van der Waals surface area contributed by atoms with Crippen molar-refractivity contribution in [3.05, 3.63) is 65.6 Å². The molecule has 2 aliphatic rings. The molecule has 0 bridgehead atoms. The van der Waals surface area contributed by atoms with Crippen molar-refractivity contribution < 1.29 is 12.8 Å². The van der Waals surface area contributed by atoms with Gasteiger partial charge in [-0.3, -0.25) is 9.21 Å². The third-order valence-corrected chi connectivity index (χ3v) is 9.02. The molecule has 2 fully saturated rings. The summed E-state index contributed by atoms with van der Waals surface area (Å²) in [4.78, 5) is 5.63. The number of H-pyrrole nitrogens is 1. The Hall–Kier alpha value is -2.93. The molecule has 0 aliphatic carbocycles. The van der Waals surface area contributed by atoms with Crippen LogP contribution in [0, 0.1) is 17.1 Å². The van der Waals surface area contributed by atoms with E-state index in [1.807, 2.05) is 18.3 Å². The van der Waals surface area contributed by atoms with E-state index in [1.54, 1.807) is 25.2 Å². The summed E-state index contributed by atoms with van der Waals surface area (Å²) in [6.07, 6.45) is 3.26. The van der Waals surface area contributed by atoms with Gasteiger partial charge in [0.1, 0.15) is 5.82 Å². The highest BCUT2D eigenvalue weighted by molar-refractivity contribution is 7.90. The number of benzene rings is 2. The van der Waals surface area contributed by atoms with Crippen LogP contribution in [0.25, 0.3) is 10.9 Å². The smallest absolute Gasteiger partial charge is 0.304 e. The molecule has 2 aliphatic heterocycles. The van der Waals surface area contributed by atoms with Gasteiger partial charge in [0.25, 0.3) is 0 Å². The standard InChI is InChI=1S/C24H26FN5O2S/c1-17-12-24(16-28(2)33(31,32)30(24)21-5-3-4-20(25)11-21)8-9-29(17)15-19-14-27-23-7-6-18(13-26)10-22(19)23/h3-7,10-11,14,17,27H,8-9,12,15-16H2,1-2H3/t17-,24+/m0/s1. The van der Waals surface area contributed by atoms with E-state index in [2.05, 4.69) is 22.9 Å². The minimum atomic E-state index is -3.73. The average molecular weight is 468 g/mol. The van der Waals surface area contributed by atoms with Crippen molar-refractivity contribution in [2.24, 2.45) is 0 Å². The van der Waals surface area contributed by atoms with E-state index >= 15 is 0 Å². The molecule has 9 heteroatoms. The number of likely N-dealkylation sites (tertiary alicyclic amines) is 1. The molecule has 172 valence electrons. The second kappa shape index (κ2) is 7.83. The first-order valence-electron chi connectivity index (χ1n) is 11.0. The summed E-state index contributed by atoms with van der Waals surface area (Å²) in [6, 6.07) is 13.8. The molecular weight excluding hydrogens is 441 g/mol. The Labute approximate surface area is 193 Å². The molecule has 3 heterocycles.